The van der Waals surface area contributed by atoms with E-state index in [1.807, 2.05) is 0 Å². The number of hydrogen-bond acceptors (Lipinski definition) is 7. The van der Waals surface area contributed by atoms with Crippen LogP contribution in [0, 0.1) is 11.6 Å². The van der Waals surface area contributed by atoms with Crippen molar-refractivity contribution in [1.29, 1.82) is 0 Å². The number of ether oxygens (including phenoxy) is 1. The standard InChI is InChI=1S/C17H14F2N4O4S/c18-12-5-4-11(9-13(12)19)28(24,25)23-7-8-26-15(10-23)17-21-16(22-27-17)14-3-1-2-6-20-14/h1-6,9,15H,7-8,10H2. The third-order valence-electron chi connectivity index (χ3n) is 4.17. The predicted molar refractivity (Wildman–Crippen MR) is 91.3 cm³/mol. The molecule has 11 heteroatoms. The summed E-state index contributed by atoms with van der Waals surface area (Å²) in [6, 6.07) is 7.67. The van der Waals surface area contributed by atoms with Crippen molar-refractivity contribution in [3.05, 3.63) is 60.1 Å². The Kier molecular flexibility index (Phi) is 4.87. The van der Waals surface area contributed by atoms with Crippen molar-refractivity contribution in [2.45, 2.75) is 11.0 Å². The summed E-state index contributed by atoms with van der Waals surface area (Å²) in [4.78, 5) is 8.00. The molecular weight excluding hydrogens is 394 g/mol. The molecule has 0 bridgehead atoms. The molecule has 1 aromatic carbocycles. The first-order chi connectivity index (χ1) is 13.4. The summed E-state index contributed by atoms with van der Waals surface area (Å²) in [6.07, 6.45) is 0.789. The SMILES string of the molecule is O=S(=O)(c1ccc(F)c(F)c1)N1CCOC(c2nc(-c3ccccn3)no2)C1. The van der Waals surface area contributed by atoms with E-state index in [1.165, 1.54) is 0 Å². The van der Waals surface area contributed by atoms with Crippen LogP contribution < -0.4 is 0 Å². The Labute approximate surface area is 158 Å². The molecule has 8 nitrogen and oxygen atoms in total. The molecule has 28 heavy (non-hydrogen) atoms. The molecule has 3 aromatic rings. The molecular formula is C17H14F2N4O4S. The second-order valence-corrected chi connectivity index (χ2v) is 7.91. The molecule has 3 heterocycles. The van der Waals surface area contributed by atoms with Gasteiger partial charge in [0.2, 0.25) is 15.8 Å². The number of halogens is 2. The van der Waals surface area contributed by atoms with E-state index in [-0.39, 0.29) is 36.3 Å². The summed E-state index contributed by atoms with van der Waals surface area (Å²) in [5.41, 5.74) is 0.500. The van der Waals surface area contributed by atoms with Crippen LogP contribution in [-0.4, -0.2) is 47.5 Å². The molecule has 0 amide bonds. The van der Waals surface area contributed by atoms with Crippen LogP contribution in [0.15, 0.2) is 52.0 Å². The number of nitrogens with zero attached hydrogens (tertiary/aromatic N) is 4. The highest BCUT2D eigenvalue weighted by Gasteiger charge is 2.34. The van der Waals surface area contributed by atoms with Crippen molar-refractivity contribution >= 4 is 10.0 Å². The second-order valence-electron chi connectivity index (χ2n) is 5.97. The molecule has 0 N–H and O–H groups in total. The van der Waals surface area contributed by atoms with E-state index in [1.54, 1.807) is 24.4 Å². The fourth-order valence-corrected chi connectivity index (χ4v) is 4.18. The van der Waals surface area contributed by atoms with Crippen molar-refractivity contribution in [3.8, 4) is 11.5 Å². The third-order valence-corrected chi connectivity index (χ3v) is 6.03. The highest BCUT2D eigenvalue weighted by molar-refractivity contribution is 7.89. The second kappa shape index (κ2) is 7.34. The zero-order valence-corrected chi connectivity index (χ0v) is 15.1. The van der Waals surface area contributed by atoms with Crippen LogP contribution in [0.4, 0.5) is 8.78 Å². The van der Waals surface area contributed by atoms with Gasteiger partial charge in [0.05, 0.1) is 11.5 Å². The summed E-state index contributed by atoms with van der Waals surface area (Å²) in [7, 11) is -4.04. The Morgan fingerprint density at radius 3 is 2.75 bits per heavy atom. The van der Waals surface area contributed by atoms with Crippen molar-refractivity contribution in [1.82, 2.24) is 19.4 Å². The maximum Gasteiger partial charge on any atom is 0.257 e. The fourth-order valence-electron chi connectivity index (χ4n) is 2.74. The normalized spacial score (nSPS) is 18.3. The lowest BCUT2D eigenvalue weighted by atomic mass is 10.3. The Balaban J connectivity index is 1.56. The van der Waals surface area contributed by atoms with Crippen LogP contribution in [0.3, 0.4) is 0 Å². The van der Waals surface area contributed by atoms with E-state index >= 15 is 0 Å². The van der Waals surface area contributed by atoms with Gasteiger partial charge < -0.3 is 9.26 Å². The molecule has 2 aromatic heterocycles. The maximum atomic E-state index is 13.5. The van der Waals surface area contributed by atoms with E-state index in [0.29, 0.717) is 11.8 Å². The molecule has 1 saturated heterocycles. The highest BCUT2D eigenvalue weighted by atomic mass is 32.2. The van der Waals surface area contributed by atoms with Crippen LogP contribution >= 0.6 is 0 Å². The molecule has 1 fully saturated rings. The van der Waals surface area contributed by atoms with E-state index in [4.69, 9.17) is 9.26 Å². The molecule has 1 unspecified atom stereocenters. The number of morpholine rings is 1. The van der Waals surface area contributed by atoms with Crippen LogP contribution in [-0.2, 0) is 14.8 Å². The van der Waals surface area contributed by atoms with Gasteiger partial charge in [0, 0.05) is 19.3 Å². The zero-order valence-electron chi connectivity index (χ0n) is 14.3. The molecule has 0 radical (unpaired) electrons. The quantitative estimate of drug-likeness (QED) is 0.652. The first-order valence-corrected chi connectivity index (χ1v) is 9.71. The van der Waals surface area contributed by atoms with Gasteiger partial charge in [0.15, 0.2) is 17.7 Å². The monoisotopic (exact) mass is 408 g/mol. The molecule has 1 aliphatic heterocycles. The van der Waals surface area contributed by atoms with Crippen molar-refractivity contribution in [3.63, 3.8) is 0 Å². The van der Waals surface area contributed by atoms with Gasteiger partial charge in [0.25, 0.3) is 5.89 Å². The molecule has 146 valence electrons. The van der Waals surface area contributed by atoms with Gasteiger partial charge in [-0.15, -0.1) is 0 Å². The van der Waals surface area contributed by atoms with Gasteiger partial charge >= 0.3 is 0 Å². The van der Waals surface area contributed by atoms with Gasteiger partial charge in [-0.3, -0.25) is 4.98 Å². The van der Waals surface area contributed by atoms with Crippen LogP contribution in [0.25, 0.3) is 11.5 Å². The Morgan fingerprint density at radius 2 is 2.00 bits per heavy atom. The Bertz CT molecular complexity index is 1090. The van der Waals surface area contributed by atoms with Gasteiger partial charge in [-0.05, 0) is 30.3 Å². The molecule has 4 rings (SSSR count). The summed E-state index contributed by atoms with van der Waals surface area (Å²) in [6.45, 7) is 0.0269. The van der Waals surface area contributed by atoms with Gasteiger partial charge in [-0.2, -0.15) is 9.29 Å². The molecule has 0 spiro atoms. The third kappa shape index (κ3) is 3.51. The average Bonchev–Trinajstić information content (AvgIpc) is 3.21. The number of benzene rings is 1. The highest BCUT2D eigenvalue weighted by Crippen LogP contribution is 2.27. The number of hydrogen-bond donors (Lipinski definition) is 0. The summed E-state index contributed by atoms with van der Waals surface area (Å²) in [5, 5.41) is 3.84. The summed E-state index contributed by atoms with van der Waals surface area (Å²) >= 11 is 0. The first-order valence-electron chi connectivity index (χ1n) is 8.27. The van der Waals surface area contributed by atoms with Crippen LogP contribution in [0.1, 0.15) is 12.0 Å². The fraction of sp³-hybridized carbons (Fsp3) is 0.235. The summed E-state index contributed by atoms with van der Waals surface area (Å²) in [5.74, 6) is -2.00. The predicted octanol–water partition coefficient (Wildman–Crippen LogP) is 2.17. The largest absolute Gasteiger partial charge is 0.366 e. The lowest BCUT2D eigenvalue weighted by molar-refractivity contribution is -0.0199. The van der Waals surface area contributed by atoms with E-state index in [0.717, 1.165) is 16.4 Å². The molecule has 0 aliphatic carbocycles. The van der Waals surface area contributed by atoms with E-state index in [9.17, 15) is 17.2 Å². The molecule has 0 saturated carbocycles. The number of pyridine rings is 1. The topological polar surface area (TPSA) is 98.4 Å². The van der Waals surface area contributed by atoms with E-state index < -0.39 is 27.8 Å². The minimum absolute atomic E-state index is 0.0546. The number of rotatable bonds is 4. The average molecular weight is 408 g/mol. The molecule has 1 aliphatic rings. The van der Waals surface area contributed by atoms with Crippen molar-refractivity contribution < 1.29 is 26.5 Å². The van der Waals surface area contributed by atoms with Crippen molar-refractivity contribution in [2.75, 3.05) is 19.7 Å². The smallest absolute Gasteiger partial charge is 0.257 e. The lowest BCUT2D eigenvalue weighted by Gasteiger charge is -2.30. The van der Waals surface area contributed by atoms with Gasteiger partial charge in [-0.25, -0.2) is 17.2 Å². The Morgan fingerprint density at radius 1 is 1.14 bits per heavy atom. The van der Waals surface area contributed by atoms with E-state index in [2.05, 4.69) is 15.1 Å². The number of sulfonamides is 1. The minimum atomic E-state index is -4.04. The van der Waals surface area contributed by atoms with Gasteiger partial charge in [0.1, 0.15) is 5.69 Å². The zero-order chi connectivity index (χ0) is 19.7. The first kappa shape index (κ1) is 18.6. The molecule has 1 atom stereocenters. The summed E-state index contributed by atoms with van der Waals surface area (Å²) < 4.78 is 64.0. The lowest BCUT2D eigenvalue weighted by Crippen LogP contribution is -2.42. The Hall–Kier alpha value is -2.76. The number of aromatic nitrogens is 3. The van der Waals surface area contributed by atoms with Gasteiger partial charge in [-0.1, -0.05) is 11.2 Å². The van der Waals surface area contributed by atoms with Crippen LogP contribution in [0.2, 0.25) is 0 Å². The minimum Gasteiger partial charge on any atom is -0.366 e. The maximum absolute atomic E-state index is 13.5. The van der Waals surface area contributed by atoms with Crippen molar-refractivity contribution in [2.24, 2.45) is 0 Å². The van der Waals surface area contributed by atoms with Crippen LogP contribution in [0.5, 0.6) is 0 Å².